The van der Waals surface area contributed by atoms with Crippen molar-refractivity contribution in [2.45, 2.75) is 33.7 Å². The number of rotatable bonds is 7. The molecular weight excluding hydrogens is 262 g/mol. The number of carbonyl (C=O) groups is 1. The van der Waals surface area contributed by atoms with E-state index >= 15 is 0 Å². The van der Waals surface area contributed by atoms with Gasteiger partial charge in [0.2, 0.25) is 0 Å². The summed E-state index contributed by atoms with van der Waals surface area (Å²) in [7, 11) is 4.07. The van der Waals surface area contributed by atoms with Gasteiger partial charge in [0, 0.05) is 31.4 Å². The van der Waals surface area contributed by atoms with E-state index in [2.05, 4.69) is 17.1 Å². The van der Waals surface area contributed by atoms with E-state index < -0.39 is 0 Å². The monoisotopic (exact) mass is 291 g/mol. The van der Waals surface area contributed by atoms with Crippen LogP contribution < -0.4 is 5.32 Å². The van der Waals surface area contributed by atoms with Crippen LogP contribution in [0.3, 0.4) is 0 Å². The van der Waals surface area contributed by atoms with E-state index in [4.69, 9.17) is 0 Å². The summed E-state index contributed by atoms with van der Waals surface area (Å²) in [4.78, 5) is 16.9. The molecule has 1 aromatic rings. The predicted molar refractivity (Wildman–Crippen MR) is 90.1 cm³/mol. The molecule has 1 amide bonds. The molecule has 0 aliphatic heterocycles. The third-order valence-electron chi connectivity index (χ3n) is 3.54. The maximum atomic E-state index is 12.9. The van der Waals surface area contributed by atoms with E-state index in [0.717, 1.165) is 29.9 Å². The fourth-order valence-corrected chi connectivity index (χ4v) is 2.62. The minimum absolute atomic E-state index is 0.0998. The van der Waals surface area contributed by atoms with Crippen LogP contribution in [0.25, 0.3) is 0 Å². The highest BCUT2D eigenvalue weighted by Crippen LogP contribution is 2.20. The Morgan fingerprint density at radius 2 is 1.95 bits per heavy atom. The van der Waals surface area contributed by atoms with Gasteiger partial charge in [-0.05, 0) is 59.5 Å². The Bertz CT molecular complexity index is 471. The number of nitrogens with zero attached hydrogens (tertiary/aromatic N) is 2. The molecule has 0 aromatic heterocycles. The van der Waals surface area contributed by atoms with Crippen LogP contribution in [-0.2, 0) is 0 Å². The molecule has 0 spiro atoms. The lowest BCUT2D eigenvalue weighted by atomic mass is 10.1. The molecule has 118 valence electrons. The van der Waals surface area contributed by atoms with E-state index in [9.17, 15) is 4.79 Å². The second-order valence-corrected chi connectivity index (χ2v) is 5.78. The summed E-state index contributed by atoms with van der Waals surface area (Å²) in [5, 5.41) is 3.30. The van der Waals surface area contributed by atoms with Crippen LogP contribution in [0.15, 0.2) is 18.2 Å². The molecule has 1 unspecified atom stereocenters. The van der Waals surface area contributed by atoms with Gasteiger partial charge in [-0.2, -0.15) is 0 Å². The van der Waals surface area contributed by atoms with E-state index in [0.29, 0.717) is 6.54 Å². The van der Waals surface area contributed by atoms with Gasteiger partial charge in [-0.1, -0.05) is 6.07 Å². The van der Waals surface area contributed by atoms with E-state index in [1.54, 1.807) is 0 Å². The number of carbonyl (C=O) groups excluding carboxylic acids is 1. The minimum atomic E-state index is 0.0998. The highest BCUT2D eigenvalue weighted by Gasteiger charge is 2.22. The second kappa shape index (κ2) is 8.03. The van der Waals surface area contributed by atoms with Crippen molar-refractivity contribution < 1.29 is 4.79 Å². The molecule has 1 rings (SSSR count). The van der Waals surface area contributed by atoms with Crippen LogP contribution in [0.5, 0.6) is 0 Å². The smallest absolute Gasteiger partial charge is 0.256 e. The molecule has 0 fully saturated rings. The number of hydrogen-bond donors (Lipinski definition) is 1. The van der Waals surface area contributed by atoms with Crippen molar-refractivity contribution in [2.24, 2.45) is 0 Å². The lowest BCUT2D eigenvalue weighted by Gasteiger charge is -2.31. The van der Waals surface area contributed by atoms with Crippen molar-refractivity contribution in [1.29, 1.82) is 0 Å². The molecule has 0 bridgehead atoms. The summed E-state index contributed by atoms with van der Waals surface area (Å²) in [5.41, 5.74) is 2.85. The van der Waals surface area contributed by atoms with Crippen molar-refractivity contribution in [1.82, 2.24) is 9.80 Å². The highest BCUT2D eigenvalue weighted by atomic mass is 16.2. The maximum Gasteiger partial charge on any atom is 0.256 e. The fraction of sp³-hybridized carbons (Fsp3) is 0.588. The molecule has 0 aliphatic carbocycles. The standard InChI is InChI=1S/C17H29N3O/c1-7-18-16-11-13(3)9-10-15(16)17(21)20(8-2)14(4)12-19(5)6/h9-11,14,18H,7-8,12H2,1-6H3. The van der Waals surface area contributed by atoms with Gasteiger partial charge >= 0.3 is 0 Å². The normalized spacial score (nSPS) is 12.3. The Morgan fingerprint density at radius 1 is 1.29 bits per heavy atom. The maximum absolute atomic E-state index is 12.9. The summed E-state index contributed by atoms with van der Waals surface area (Å²) in [6.07, 6.45) is 0. The van der Waals surface area contributed by atoms with Gasteiger partial charge in [0.1, 0.15) is 0 Å². The van der Waals surface area contributed by atoms with Crippen molar-refractivity contribution in [3.63, 3.8) is 0 Å². The van der Waals surface area contributed by atoms with E-state index in [-0.39, 0.29) is 11.9 Å². The Hall–Kier alpha value is -1.55. The number of aryl methyl sites for hydroxylation is 1. The number of hydrogen-bond acceptors (Lipinski definition) is 3. The number of benzene rings is 1. The quantitative estimate of drug-likeness (QED) is 0.839. The first-order valence-corrected chi connectivity index (χ1v) is 7.70. The third-order valence-corrected chi connectivity index (χ3v) is 3.54. The second-order valence-electron chi connectivity index (χ2n) is 5.78. The number of nitrogens with one attached hydrogen (secondary N) is 1. The summed E-state index contributed by atoms with van der Waals surface area (Å²) >= 11 is 0. The lowest BCUT2D eigenvalue weighted by molar-refractivity contribution is 0.0680. The van der Waals surface area contributed by atoms with Gasteiger partial charge in [-0.3, -0.25) is 4.79 Å². The summed E-state index contributed by atoms with van der Waals surface area (Å²) in [6.45, 7) is 10.6. The molecule has 1 aromatic carbocycles. The van der Waals surface area contributed by atoms with Gasteiger partial charge in [0.05, 0.1) is 5.56 Å². The Morgan fingerprint density at radius 3 is 2.48 bits per heavy atom. The molecule has 0 radical (unpaired) electrons. The van der Waals surface area contributed by atoms with Gasteiger partial charge < -0.3 is 15.1 Å². The highest BCUT2D eigenvalue weighted by molar-refractivity contribution is 6.00. The molecule has 4 nitrogen and oxygen atoms in total. The molecule has 1 N–H and O–H groups in total. The SMILES string of the molecule is CCNc1cc(C)ccc1C(=O)N(CC)C(C)CN(C)C. The number of amides is 1. The Kier molecular flexibility index (Phi) is 6.69. The Balaban J connectivity index is 3.04. The minimum Gasteiger partial charge on any atom is -0.385 e. The average molecular weight is 291 g/mol. The fourth-order valence-electron chi connectivity index (χ4n) is 2.62. The van der Waals surface area contributed by atoms with Crippen molar-refractivity contribution in [3.05, 3.63) is 29.3 Å². The van der Waals surface area contributed by atoms with E-state index in [1.165, 1.54) is 0 Å². The van der Waals surface area contributed by atoms with Gasteiger partial charge in [-0.25, -0.2) is 0 Å². The first kappa shape index (κ1) is 17.5. The topological polar surface area (TPSA) is 35.6 Å². The zero-order chi connectivity index (χ0) is 16.0. The summed E-state index contributed by atoms with van der Waals surface area (Å²) in [6, 6.07) is 6.16. The zero-order valence-corrected chi connectivity index (χ0v) is 14.2. The molecule has 0 saturated carbocycles. The van der Waals surface area contributed by atoms with Crippen LogP contribution in [0.4, 0.5) is 5.69 Å². The largest absolute Gasteiger partial charge is 0.385 e. The van der Waals surface area contributed by atoms with Crippen LogP contribution in [-0.4, -0.2) is 55.5 Å². The number of likely N-dealkylation sites (N-methyl/N-ethyl adjacent to an activating group) is 2. The predicted octanol–water partition coefficient (Wildman–Crippen LogP) is 2.84. The molecule has 0 heterocycles. The zero-order valence-electron chi connectivity index (χ0n) is 14.2. The first-order chi connectivity index (χ1) is 9.90. The first-order valence-electron chi connectivity index (χ1n) is 7.70. The molecule has 0 saturated heterocycles. The van der Waals surface area contributed by atoms with Crippen LogP contribution >= 0.6 is 0 Å². The summed E-state index contributed by atoms with van der Waals surface area (Å²) in [5.74, 6) is 0.0998. The van der Waals surface area contributed by atoms with Crippen LogP contribution in [0.1, 0.15) is 36.7 Å². The third kappa shape index (κ3) is 4.74. The van der Waals surface area contributed by atoms with E-state index in [1.807, 2.05) is 58.0 Å². The van der Waals surface area contributed by atoms with Crippen molar-refractivity contribution in [3.8, 4) is 0 Å². The Labute approximate surface area is 129 Å². The van der Waals surface area contributed by atoms with Gasteiger partial charge in [0.15, 0.2) is 0 Å². The van der Waals surface area contributed by atoms with Crippen LogP contribution in [0, 0.1) is 6.92 Å². The average Bonchev–Trinajstić information content (AvgIpc) is 2.39. The van der Waals surface area contributed by atoms with Crippen LogP contribution in [0.2, 0.25) is 0 Å². The van der Waals surface area contributed by atoms with Crippen molar-refractivity contribution >= 4 is 11.6 Å². The van der Waals surface area contributed by atoms with Gasteiger partial charge in [0.25, 0.3) is 5.91 Å². The summed E-state index contributed by atoms with van der Waals surface area (Å²) < 4.78 is 0. The molecule has 0 aliphatic rings. The molecule has 1 atom stereocenters. The lowest BCUT2D eigenvalue weighted by Crippen LogP contribution is -2.43. The number of anilines is 1. The molecule has 21 heavy (non-hydrogen) atoms. The molecule has 4 heteroatoms. The van der Waals surface area contributed by atoms with Crippen molar-refractivity contribution in [2.75, 3.05) is 39.0 Å². The van der Waals surface area contributed by atoms with Gasteiger partial charge in [-0.15, -0.1) is 0 Å². The molecular formula is C17H29N3O.